The molecule has 1 aliphatic heterocycles. The molecule has 3 heterocycles. The fourth-order valence-corrected chi connectivity index (χ4v) is 2.64. The average molecular weight is 260 g/mol. The van der Waals surface area contributed by atoms with Crippen molar-refractivity contribution in [2.75, 3.05) is 11.9 Å². The Kier molecular flexibility index (Phi) is 2.93. The van der Waals surface area contributed by atoms with Crippen LogP contribution in [0.25, 0.3) is 5.65 Å². The van der Waals surface area contributed by atoms with Crippen molar-refractivity contribution in [1.29, 1.82) is 0 Å². The summed E-state index contributed by atoms with van der Waals surface area (Å²) in [6, 6.07) is 4.41. The maximum atomic E-state index is 5.73. The van der Waals surface area contributed by atoms with E-state index in [-0.39, 0.29) is 5.60 Å². The molecule has 0 amide bonds. The highest BCUT2D eigenvalue weighted by atomic mass is 16.5. The number of nitrogens with zero attached hydrogens (tertiary/aromatic N) is 3. The van der Waals surface area contributed by atoms with E-state index in [9.17, 15) is 0 Å². The largest absolute Gasteiger partial charge is 0.375 e. The molecule has 102 valence electrons. The first-order valence-corrected chi connectivity index (χ1v) is 6.76. The van der Waals surface area contributed by atoms with Gasteiger partial charge in [0.2, 0.25) is 5.95 Å². The first kappa shape index (κ1) is 12.4. The van der Waals surface area contributed by atoms with Crippen LogP contribution in [-0.4, -0.2) is 32.8 Å². The van der Waals surface area contributed by atoms with Crippen molar-refractivity contribution in [3.05, 3.63) is 23.9 Å². The lowest BCUT2D eigenvalue weighted by molar-refractivity contribution is -0.0553. The number of nitrogens with one attached hydrogen (secondary N) is 1. The van der Waals surface area contributed by atoms with Gasteiger partial charge >= 0.3 is 0 Å². The Morgan fingerprint density at radius 2 is 2.32 bits per heavy atom. The van der Waals surface area contributed by atoms with Crippen LogP contribution in [0.3, 0.4) is 0 Å². The summed E-state index contributed by atoms with van der Waals surface area (Å²) in [6.07, 6.45) is 3.90. The lowest BCUT2D eigenvalue weighted by atomic mass is 9.94. The summed E-state index contributed by atoms with van der Waals surface area (Å²) in [6.45, 7) is 7.09. The summed E-state index contributed by atoms with van der Waals surface area (Å²) >= 11 is 0. The van der Waals surface area contributed by atoms with Crippen molar-refractivity contribution in [3.63, 3.8) is 0 Å². The summed E-state index contributed by atoms with van der Waals surface area (Å²) in [5.74, 6) is 0.706. The Hall–Kier alpha value is -1.62. The van der Waals surface area contributed by atoms with Crippen molar-refractivity contribution in [3.8, 4) is 0 Å². The summed E-state index contributed by atoms with van der Waals surface area (Å²) in [5, 5.41) is 7.90. The molecule has 3 rings (SSSR count). The standard InChI is InChI=1S/C14H20N4O/c1-10-5-4-7-18-12(10)16-13(17-18)15-11-6-8-19-14(2,3)9-11/h4-5,7,11H,6,8-9H2,1-3H3,(H,15,17). The summed E-state index contributed by atoms with van der Waals surface area (Å²) in [4.78, 5) is 4.55. The molecule has 5 heteroatoms. The van der Waals surface area contributed by atoms with Crippen molar-refractivity contribution < 1.29 is 4.74 Å². The van der Waals surface area contributed by atoms with E-state index in [1.165, 1.54) is 0 Å². The van der Waals surface area contributed by atoms with Crippen LogP contribution < -0.4 is 5.32 Å². The molecular formula is C14H20N4O. The molecule has 0 bridgehead atoms. The number of hydrogen-bond acceptors (Lipinski definition) is 4. The molecule has 5 nitrogen and oxygen atoms in total. The SMILES string of the molecule is Cc1cccn2nc(NC3CCOC(C)(C)C3)nc12. The first-order chi connectivity index (χ1) is 9.03. The molecule has 1 N–H and O–H groups in total. The molecule has 1 saturated heterocycles. The van der Waals surface area contributed by atoms with Gasteiger partial charge in [0.05, 0.1) is 5.60 Å². The van der Waals surface area contributed by atoms with E-state index in [4.69, 9.17) is 4.74 Å². The zero-order chi connectivity index (χ0) is 13.5. The minimum atomic E-state index is -0.0645. The molecule has 2 aromatic heterocycles. The zero-order valence-corrected chi connectivity index (χ0v) is 11.7. The molecule has 2 aromatic rings. The average Bonchev–Trinajstić information content (AvgIpc) is 2.71. The van der Waals surface area contributed by atoms with E-state index in [1.807, 2.05) is 29.8 Å². The number of rotatable bonds is 2. The molecule has 0 aromatic carbocycles. The van der Waals surface area contributed by atoms with Crippen LogP contribution in [0.5, 0.6) is 0 Å². The van der Waals surface area contributed by atoms with Crippen LogP contribution in [0.2, 0.25) is 0 Å². The predicted octanol–water partition coefficient (Wildman–Crippen LogP) is 2.41. The van der Waals surface area contributed by atoms with Crippen LogP contribution in [0.4, 0.5) is 5.95 Å². The molecule has 0 saturated carbocycles. The van der Waals surface area contributed by atoms with Crippen LogP contribution in [0, 0.1) is 6.92 Å². The van der Waals surface area contributed by atoms with Gasteiger partial charge in [0.15, 0.2) is 5.65 Å². The second kappa shape index (κ2) is 4.49. The van der Waals surface area contributed by atoms with Gasteiger partial charge in [-0.15, -0.1) is 5.10 Å². The minimum Gasteiger partial charge on any atom is -0.375 e. The van der Waals surface area contributed by atoms with Gasteiger partial charge in [-0.2, -0.15) is 4.98 Å². The van der Waals surface area contributed by atoms with Crippen LogP contribution in [0.15, 0.2) is 18.3 Å². The molecule has 1 fully saturated rings. The highest BCUT2D eigenvalue weighted by Gasteiger charge is 2.29. The van der Waals surface area contributed by atoms with Gasteiger partial charge in [0.25, 0.3) is 0 Å². The molecule has 1 atom stereocenters. The van der Waals surface area contributed by atoms with Gasteiger partial charge in [0.1, 0.15) is 0 Å². The van der Waals surface area contributed by atoms with Crippen LogP contribution >= 0.6 is 0 Å². The topological polar surface area (TPSA) is 51.5 Å². The van der Waals surface area contributed by atoms with E-state index in [1.54, 1.807) is 0 Å². The Morgan fingerprint density at radius 3 is 3.05 bits per heavy atom. The lowest BCUT2D eigenvalue weighted by Gasteiger charge is -2.35. The second-order valence-corrected chi connectivity index (χ2v) is 5.84. The van der Waals surface area contributed by atoms with Crippen molar-refractivity contribution in [2.24, 2.45) is 0 Å². The highest BCUT2D eigenvalue weighted by molar-refractivity contribution is 5.50. The fraction of sp³-hybridized carbons (Fsp3) is 0.571. The highest BCUT2D eigenvalue weighted by Crippen LogP contribution is 2.25. The van der Waals surface area contributed by atoms with E-state index in [0.29, 0.717) is 12.0 Å². The summed E-state index contributed by atoms with van der Waals surface area (Å²) in [7, 11) is 0. The molecule has 1 aliphatic rings. The smallest absolute Gasteiger partial charge is 0.243 e. The zero-order valence-electron chi connectivity index (χ0n) is 11.7. The molecule has 19 heavy (non-hydrogen) atoms. The number of hydrogen-bond donors (Lipinski definition) is 1. The molecule has 1 unspecified atom stereocenters. The molecule has 0 aliphatic carbocycles. The predicted molar refractivity (Wildman–Crippen MR) is 74.4 cm³/mol. The third kappa shape index (κ3) is 2.56. The quantitative estimate of drug-likeness (QED) is 0.901. The van der Waals surface area contributed by atoms with Gasteiger partial charge in [-0.05, 0) is 45.2 Å². The minimum absolute atomic E-state index is 0.0645. The fourth-order valence-electron chi connectivity index (χ4n) is 2.64. The number of ether oxygens (including phenoxy) is 1. The number of pyridine rings is 1. The molecule has 0 radical (unpaired) electrons. The second-order valence-electron chi connectivity index (χ2n) is 5.84. The summed E-state index contributed by atoms with van der Waals surface area (Å²) in [5.41, 5.74) is 1.98. The lowest BCUT2D eigenvalue weighted by Crippen LogP contribution is -2.40. The van der Waals surface area contributed by atoms with Gasteiger partial charge in [0, 0.05) is 18.8 Å². The van der Waals surface area contributed by atoms with Crippen molar-refractivity contribution in [1.82, 2.24) is 14.6 Å². The van der Waals surface area contributed by atoms with Crippen LogP contribution in [-0.2, 0) is 4.74 Å². The monoisotopic (exact) mass is 260 g/mol. The van der Waals surface area contributed by atoms with Gasteiger partial charge in [-0.3, -0.25) is 0 Å². The Bertz CT molecular complexity index is 590. The Morgan fingerprint density at radius 1 is 1.47 bits per heavy atom. The first-order valence-electron chi connectivity index (χ1n) is 6.76. The van der Waals surface area contributed by atoms with Crippen molar-refractivity contribution >= 4 is 11.6 Å². The van der Waals surface area contributed by atoms with Gasteiger partial charge < -0.3 is 10.1 Å². The van der Waals surface area contributed by atoms with Crippen LogP contribution in [0.1, 0.15) is 32.3 Å². The maximum Gasteiger partial charge on any atom is 0.243 e. The van der Waals surface area contributed by atoms with E-state index in [0.717, 1.165) is 30.7 Å². The van der Waals surface area contributed by atoms with E-state index >= 15 is 0 Å². The Labute approximate surface area is 113 Å². The van der Waals surface area contributed by atoms with Crippen molar-refractivity contribution in [2.45, 2.75) is 45.3 Å². The maximum absolute atomic E-state index is 5.73. The normalized spacial score (nSPS) is 22.6. The van der Waals surface area contributed by atoms with Gasteiger partial charge in [-0.25, -0.2) is 4.52 Å². The third-order valence-electron chi connectivity index (χ3n) is 3.59. The number of anilines is 1. The van der Waals surface area contributed by atoms with E-state index < -0.39 is 0 Å². The third-order valence-corrected chi connectivity index (χ3v) is 3.59. The van der Waals surface area contributed by atoms with Gasteiger partial charge in [-0.1, -0.05) is 6.07 Å². The number of fused-ring (bicyclic) bond motifs is 1. The number of aryl methyl sites for hydroxylation is 1. The summed E-state index contributed by atoms with van der Waals surface area (Å²) < 4.78 is 7.55. The molecule has 0 spiro atoms. The molecular weight excluding hydrogens is 240 g/mol. The number of aromatic nitrogens is 3. The Balaban J connectivity index is 1.80. The van der Waals surface area contributed by atoms with E-state index in [2.05, 4.69) is 29.2 Å².